The van der Waals surface area contributed by atoms with E-state index in [0.29, 0.717) is 6.54 Å². The monoisotopic (exact) mass is 404 g/mol. The molecule has 0 radical (unpaired) electrons. The molecule has 2 aliphatic rings. The number of carbonyl (C=O) groups excluding carboxylic acids is 3. The van der Waals surface area contributed by atoms with Gasteiger partial charge in [-0.3, -0.25) is 24.2 Å². The number of carbonyl (C=O) groups is 3. The normalized spacial score (nSPS) is 19.2. The van der Waals surface area contributed by atoms with E-state index >= 15 is 0 Å². The van der Waals surface area contributed by atoms with E-state index in [4.69, 9.17) is 0 Å². The largest absolute Gasteiger partial charge is 0.369 e. The Balaban J connectivity index is 1.46. The predicted molar refractivity (Wildman–Crippen MR) is 112 cm³/mol. The average molecular weight is 405 g/mol. The van der Waals surface area contributed by atoms with E-state index in [1.807, 2.05) is 6.92 Å². The van der Waals surface area contributed by atoms with Crippen molar-refractivity contribution >= 4 is 34.5 Å². The van der Waals surface area contributed by atoms with Crippen molar-refractivity contribution in [2.45, 2.75) is 26.8 Å². The van der Waals surface area contributed by atoms with Crippen molar-refractivity contribution in [1.82, 2.24) is 15.1 Å². The number of hydrogen-bond acceptors (Lipinski definition) is 6. The lowest BCUT2D eigenvalue weighted by Gasteiger charge is -2.39. The van der Waals surface area contributed by atoms with Gasteiger partial charge in [-0.1, -0.05) is 23.9 Å². The number of thioether (sulfide) groups is 1. The lowest BCUT2D eigenvalue weighted by Crippen LogP contribution is -2.54. The van der Waals surface area contributed by atoms with Gasteiger partial charge < -0.3 is 10.2 Å². The summed E-state index contributed by atoms with van der Waals surface area (Å²) in [6.45, 7) is 10.1. The molecule has 0 saturated carbocycles. The van der Waals surface area contributed by atoms with Crippen LogP contribution in [-0.2, 0) is 9.59 Å². The summed E-state index contributed by atoms with van der Waals surface area (Å²) in [6, 6.07) is 6.14. The zero-order valence-corrected chi connectivity index (χ0v) is 17.6. The van der Waals surface area contributed by atoms with Gasteiger partial charge in [0.1, 0.15) is 0 Å². The topological polar surface area (TPSA) is 73.0 Å². The second-order valence-corrected chi connectivity index (χ2v) is 8.24. The van der Waals surface area contributed by atoms with Gasteiger partial charge in [0.25, 0.3) is 5.24 Å². The lowest BCUT2D eigenvalue weighted by molar-refractivity contribution is -0.127. The second-order valence-electron chi connectivity index (χ2n) is 7.31. The first-order valence-electron chi connectivity index (χ1n) is 9.68. The molecule has 8 heteroatoms. The molecule has 2 heterocycles. The first kappa shape index (κ1) is 20.7. The molecule has 3 rings (SSSR count). The molecule has 0 unspecified atom stereocenters. The molecule has 2 saturated heterocycles. The minimum Gasteiger partial charge on any atom is -0.369 e. The summed E-state index contributed by atoms with van der Waals surface area (Å²) in [5.41, 5.74) is 3.88. The molecule has 0 aliphatic carbocycles. The first-order chi connectivity index (χ1) is 13.4. The van der Waals surface area contributed by atoms with Gasteiger partial charge in [-0.25, -0.2) is 0 Å². The molecule has 7 nitrogen and oxygen atoms in total. The molecule has 1 N–H and O–H groups in total. The minimum atomic E-state index is -0.236. The van der Waals surface area contributed by atoms with E-state index in [1.54, 1.807) is 0 Å². The predicted octanol–water partition coefficient (Wildman–Crippen LogP) is 1.63. The van der Waals surface area contributed by atoms with Crippen molar-refractivity contribution in [1.29, 1.82) is 0 Å². The molecule has 0 bridgehead atoms. The Labute approximate surface area is 170 Å². The highest BCUT2D eigenvalue weighted by molar-refractivity contribution is 8.14. The van der Waals surface area contributed by atoms with Crippen LogP contribution >= 0.6 is 11.8 Å². The van der Waals surface area contributed by atoms with Crippen molar-refractivity contribution in [3.8, 4) is 0 Å². The highest BCUT2D eigenvalue weighted by Gasteiger charge is 2.30. The standard InChI is InChI=1S/C20H28N4O3S/c1-14-5-4-6-17(15(14)2)23-11-9-22(10-12-23)16(3)19(26)21-7-8-24-18(25)13-28-20(24)27/h4-6,16H,7-13H2,1-3H3,(H,21,26)/t16-/m0/s1. The number of piperazine rings is 1. The number of amides is 3. The van der Waals surface area contributed by atoms with Gasteiger partial charge in [0.15, 0.2) is 0 Å². The smallest absolute Gasteiger partial charge is 0.288 e. The third-order valence-corrected chi connectivity index (χ3v) is 6.49. The summed E-state index contributed by atoms with van der Waals surface area (Å²) in [4.78, 5) is 41.4. The summed E-state index contributed by atoms with van der Waals surface area (Å²) in [6.07, 6.45) is 0. The van der Waals surface area contributed by atoms with Gasteiger partial charge in [0, 0.05) is 45.0 Å². The maximum Gasteiger partial charge on any atom is 0.288 e. The Hall–Kier alpha value is -2.06. The summed E-state index contributed by atoms with van der Waals surface area (Å²) in [7, 11) is 0. The molecule has 1 atom stereocenters. The number of nitrogens with zero attached hydrogens (tertiary/aromatic N) is 3. The van der Waals surface area contributed by atoms with Crippen LogP contribution < -0.4 is 10.2 Å². The number of nitrogens with one attached hydrogen (secondary N) is 1. The van der Waals surface area contributed by atoms with Gasteiger partial charge in [-0.15, -0.1) is 0 Å². The average Bonchev–Trinajstić information content (AvgIpc) is 3.01. The number of rotatable bonds is 6. The van der Waals surface area contributed by atoms with Gasteiger partial charge in [-0.2, -0.15) is 0 Å². The van der Waals surface area contributed by atoms with E-state index in [1.165, 1.54) is 21.7 Å². The fraction of sp³-hybridized carbons (Fsp3) is 0.550. The van der Waals surface area contributed by atoms with Crippen LogP contribution in [0.4, 0.5) is 10.5 Å². The number of hydrogen-bond donors (Lipinski definition) is 1. The Kier molecular flexibility index (Phi) is 6.61. The van der Waals surface area contributed by atoms with Crippen molar-refractivity contribution in [3.63, 3.8) is 0 Å². The number of anilines is 1. The third-order valence-electron chi connectivity index (χ3n) is 5.63. The molecular formula is C20H28N4O3S. The zero-order chi connectivity index (χ0) is 20.3. The highest BCUT2D eigenvalue weighted by atomic mass is 32.2. The van der Waals surface area contributed by atoms with Crippen LogP contribution in [0.15, 0.2) is 18.2 Å². The van der Waals surface area contributed by atoms with Crippen LogP contribution in [0.2, 0.25) is 0 Å². The number of benzene rings is 1. The Morgan fingerprint density at radius 3 is 2.54 bits per heavy atom. The number of aryl methyl sites for hydroxylation is 1. The van der Waals surface area contributed by atoms with Crippen molar-refractivity contribution in [2.75, 3.05) is 49.9 Å². The lowest BCUT2D eigenvalue weighted by atomic mass is 10.1. The van der Waals surface area contributed by atoms with E-state index in [0.717, 1.165) is 37.9 Å². The Bertz CT molecular complexity index is 746. The van der Waals surface area contributed by atoms with E-state index < -0.39 is 0 Å². The van der Waals surface area contributed by atoms with Crippen LogP contribution in [0, 0.1) is 13.8 Å². The maximum atomic E-state index is 12.5. The fourth-order valence-corrected chi connectivity index (χ4v) is 4.38. The second kappa shape index (κ2) is 8.96. The summed E-state index contributed by atoms with van der Waals surface area (Å²) in [5, 5.41) is 2.63. The van der Waals surface area contributed by atoms with Crippen LogP contribution in [0.5, 0.6) is 0 Å². The van der Waals surface area contributed by atoms with Gasteiger partial charge in [0.2, 0.25) is 11.8 Å². The van der Waals surface area contributed by atoms with Crippen molar-refractivity contribution in [2.24, 2.45) is 0 Å². The molecule has 28 heavy (non-hydrogen) atoms. The SMILES string of the molecule is Cc1cccc(N2CCN([C@@H](C)C(=O)NCCN3C(=O)CSC3=O)CC2)c1C. The molecule has 152 valence electrons. The highest BCUT2D eigenvalue weighted by Crippen LogP contribution is 2.24. The summed E-state index contributed by atoms with van der Waals surface area (Å²) < 4.78 is 0. The molecular weight excluding hydrogens is 376 g/mol. The molecule has 2 fully saturated rings. The zero-order valence-electron chi connectivity index (χ0n) is 16.7. The molecule has 1 aromatic carbocycles. The Morgan fingerprint density at radius 2 is 1.89 bits per heavy atom. The third kappa shape index (κ3) is 4.50. The fourth-order valence-electron chi connectivity index (χ4n) is 3.63. The van der Waals surface area contributed by atoms with Gasteiger partial charge >= 0.3 is 0 Å². The first-order valence-corrected chi connectivity index (χ1v) is 10.7. The molecule has 1 aromatic rings. The van der Waals surface area contributed by atoms with Crippen LogP contribution in [0.1, 0.15) is 18.1 Å². The molecule has 0 aromatic heterocycles. The number of imide groups is 1. The summed E-state index contributed by atoms with van der Waals surface area (Å²) >= 11 is 1.01. The van der Waals surface area contributed by atoms with Crippen LogP contribution in [0.25, 0.3) is 0 Å². The van der Waals surface area contributed by atoms with Crippen LogP contribution in [-0.4, -0.2) is 77.9 Å². The van der Waals surface area contributed by atoms with Gasteiger partial charge in [0.05, 0.1) is 11.8 Å². The summed E-state index contributed by atoms with van der Waals surface area (Å²) in [5.74, 6) is -0.0415. The van der Waals surface area contributed by atoms with Crippen molar-refractivity contribution in [3.05, 3.63) is 29.3 Å². The van der Waals surface area contributed by atoms with E-state index in [-0.39, 0.29) is 35.4 Å². The molecule has 2 aliphatic heterocycles. The van der Waals surface area contributed by atoms with E-state index in [9.17, 15) is 14.4 Å². The van der Waals surface area contributed by atoms with Gasteiger partial charge in [-0.05, 0) is 38.0 Å². The van der Waals surface area contributed by atoms with Crippen LogP contribution in [0.3, 0.4) is 0 Å². The molecule has 0 spiro atoms. The quantitative estimate of drug-likeness (QED) is 0.777. The Morgan fingerprint density at radius 1 is 1.18 bits per heavy atom. The minimum absolute atomic E-state index is 0.0630. The van der Waals surface area contributed by atoms with E-state index in [2.05, 4.69) is 47.2 Å². The van der Waals surface area contributed by atoms with Crippen molar-refractivity contribution < 1.29 is 14.4 Å². The maximum absolute atomic E-state index is 12.5. The molecule has 3 amide bonds.